The third kappa shape index (κ3) is 2.49. The monoisotopic (exact) mass is 287 g/mol. The van der Waals surface area contributed by atoms with Crippen LogP contribution in [0.1, 0.15) is 11.3 Å². The summed E-state index contributed by atoms with van der Waals surface area (Å²) in [6.45, 7) is 1.79. The van der Waals surface area contributed by atoms with Gasteiger partial charge < -0.3 is 14.5 Å². The van der Waals surface area contributed by atoms with Crippen LogP contribution in [-0.2, 0) is 0 Å². The fourth-order valence-electron chi connectivity index (χ4n) is 1.84. The molecule has 1 N–H and O–H groups in total. The number of aryl methyl sites for hydroxylation is 1. The molecule has 0 saturated carbocycles. The van der Waals surface area contributed by atoms with Gasteiger partial charge in [-0.1, -0.05) is 12.2 Å². The SMILES string of the molecule is COc1ccc(-c2nc(=S)c(C#N)c(C)[nH]2)cc1OC. The zero-order valence-electron chi connectivity index (χ0n) is 11.4. The molecule has 0 saturated heterocycles. The summed E-state index contributed by atoms with van der Waals surface area (Å²) >= 11 is 5.13. The Balaban J connectivity index is 2.58. The van der Waals surface area contributed by atoms with Crippen molar-refractivity contribution in [2.75, 3.05) is 14.2 Å². The normalized spacial score (nSPS) is 9.90. The number of rotatable bonds is 3. The van der Waals surface area contributed by atoms with Gasteiger partial charge in [0.2, 0.25) is 0 Å². The van der Waals surface area contributed by atoms with Crippen LogP contribution in [-0.4, -0.2) is 24.2 Å². The van der Waals surface area contributed by atoms with Crippen molar-refractivity contribution in [2.45, 2.75) is 6.92 Å². The van der Waals surface area contributed by atoms with Gasteiger partial charge >= 0.3 is 0 Å². The van der Waals surface area contributed by atoms with E-state index in [0.717, 1.165) is 5.56 Å². The highest BCUT2D eigenvalue weighted by atomic mass is 32.1. The molecule has 0 bridgehead atoms. The van der Waals surface area contributed by atoms with E-state index in [1.165, 1.54) is 0 Å². The molecule has 0 aliphatic heterocycles. The van der Waals surface area contributed by atoms with Crippen molar-refractivity contribution < 1.29 is 9.47 Å². The summed E-state index contributed by atoms with van der Waals surface area (Å²) < 4.78 is 10.7. The van der Waals surface area contributed by atoms with Gasteiger partial charge in [0.15, 0.2) is 11.5 Å². The molecule has 0 atom stereocenters. The van der Waals surface area contributed by atoms with Gasteiger partial charge in [0.25, 0.3) is 0 Å². The Labute approximate surface area is 121 Å². The molecule has 0 amide bonds. The van der Waals surface area contributed by atoms with Gasteiger partial charge in [0.05, 0.1) is 14.2 Å². The summed E-state index contributed by atoms with van der Waals surface area (Å²) in [5.74, 6) is 1.83. The van der Waals surface area contributed by atoms with E-state index in [-0.39, 0.29) is 4.64 Å². The lowest BCUT2D eigenvalue weighted by Gasteiger charge is -2.10. The number of hydrogen-bond donors (Lipinski definition) is 1. The maximum atomic E-state index is 9.00. The lowest BCUT2D eigenvalue weighted by atomic mass is 10.1. The Bertz CT molecular complexity index is 747. The number of nitriles is 1. The van der Waals surface area contributed by atoms with Crippen LogP contribution in [0.25, 0.3) is 11.4 Å². The lowest BCUT2D eigenvalue weighted by molar-refractivity contribution is 0.355. The fourth-order valence-corrected chi connectivity index (χ4v) is 2.13. The van der Waals surface area contributed by atoms with Gasteiger partial charge in [0.1, 0.15) is 22.1 Å². The molecule has 2 rings (SSSR count). The van der Waals surface area contributed by atoms with Gasteiger partial charge in [-0.05, 0) is 25.1 Å². The first-order valence-corrected chi connectivity index (χ1v) is 6.25. The smallest absolute Gasteiger partial charge is 0.161 e. The van der Waals surface area contributed by atoms with Crippen molar-refractivity contribution in [3.05, 3.63) is 34.1 Å². The van der Waals surface area contributed by atoms with E-state index in [9.17, 15) is 0 Å². The molecule has 102 valence electrons. The summed E-state index contributed by atoms with van der Waals surface area (Å²) in [6.07, 6.45) is 0. The average Bonchev–Trinajstić information content (AvgIpc) is 2.46. The fraction of sp³-hybridized carbons (Fsp3) is 0.214. The minimum atomic E-state index is 0.286. The Hall–Kier alpha value is -2.39. The summed E-state index contributed by atoms with van der Waals surface area (Å²) in [5.41, 5.74) is 1.89. The van der Waals surface area contributed by atoms with Crippen LogP contribution >= 0.6 is 12.2 Å². The molecule has 0 radical (unpaired) electrons. The standard InChI is InChI=1S/C14H13N3O2S/c1-8-10(7-15)14(20)17-13(16-8)9-4-5-11(18-2)12(6-9)19-3/h4-6H,1-3H3,(H,16,17,20). The van der Waals surface area contributed by atoms with Crippen molar-refractivity contribution in [1.29, 1.82) is 5.26 Å². The van der Waals surface area contributed by atoms with Crippen LogP contribution in [0.3, 0.4) is 0 Å². The summed E-state index contributed by atoms with van der Waals surface area (Å²) in [5, 5.41) is 9.00. The third-order valence-corrected chi connectivity index (χ3v) is 3.17. The number of aromatic nitrogens is 2. The van der Waals surface area contributed by atoms with E-state index in [4.69, 9.17) is 27.0 Å². The largest absolute Gasteiger partial charge is 0.493 e. The number of ether oxygens (including phenoxy) is 2. The minimum Gasteiger partial charge on any atom is -0.493 e. The molecular weight excluding hydrogens is 274 g/mol. The molecule has 0 aliphatic rings. The Kier molecular flexibility index (Phi) is 4.01. The molecule has 0 fully saturated rings. The number of hydrogen-bond acceptors (Lipinski definition) is 5. The van der Waals surface area contributed by atoms with Gasteiger partial charge in [-0.15, -0.1) is 0 Å². The lowest BCUT2D eigenvalue weighted by Crippen LogP contribution is -1.98. The van der Waals surface area contributed by atoms with Crippen LogP contribution < -0.4 is 9.47 Å². The van der Waals surface area contributed by atoms with Crippen LogP contribution in [0.4, 0.5) is 0 Å². The molecule has 20 heavy (non-hydrogen) atoms. The molecule has 0 spiro atoms. The second-order valence-corrected chi connectivity index (χ2v) is 4.46. The minimum absolute atomic E-state index is 0.286. The quantitative estimate of drug-likeness (QED) is 0.879. The van der Waals surface area contributed by atoms with Crippen molar-refractivity contribution in [2.24, 2.45) is 0 Å². The zero-order valence-corrected chi connectivity index (χ0v) is 12.2. The molecule has 0 unspecified atom stereocenters. The predicted octanol–water partition coefficient (Wildman–Crippen LogP) is 3.00. The first-order valence-electron chi connectivity index (χ1n) is 5.84. The molecular formula is C14H13N3O2S. The van der Waals surface area contributed by atoms with Crippen molar-refractivity contribution in [1.82, 2.24) is 9.97 Å². The second-order valence-electron chi connectivity index (χ2n) is 4.07. The van der Waals surface area contributed by atoms with Gasteiger partial charge in [-0.2, -0.15) is 5.26 Å². The van der Waals surface area contributed by atoms with E-state index < -0.39 is 0 Å². The van der Waals surface area contributed by atoms with Gasteiger partial charge in [-0.3, -0.25) is 0 Å². The summed E-state index contributed by atoms with van der Waals surface area (Å²) in [4.78, 5) is 7.32. The second kappa shape index (κ2) is 5.72. The molecule has 5 nitrogen and oxygen atoms in total. The number of nitrogens with zero attached hydrogens (tertiary/aromatic N) is 2. The molecule has 0 aliphatic carbocycles. The first-order chi connectivity index (χ1) is 9.60. The molecule has 1 aromatic heterocycles. The van der Waals surface area contributed by atoms with Gasteiger partial charge in [0, 0.05) is 11.3 Å². The van der Waals surface area contributed by atoms with Crippen LogP contribution in [0, 0.1) is 22.9 Å². The summed E-state index contributed by atoms with van der Waals surface area (Å²) in [7, 11) is 3.15. The van der Waals surface area contributed by atoms with E-state index in [0.29, 0.717) is 28.6 Å². The Morgan fingerprint density at radius 2 is 1.95 bits per heavy atom. The van der Waals surface area contributed by atoms with E-state index in [1.54, 1.807) is 33.3 Å². The molecule has 1 aromatic carbocycles. The van der Waals surface area contributed by atoms with Crippen LogP contribution in [0.5, 0.6) is 11.5 Å². The number of benzene rings is 1. The molecule has 6 heteroatoms. The summed E-state index contributed by atoms with van der Waals surface area (Å²) in [6, 6.07) is 7.48. The van der Waals surface area contributed by atoms with Gasteiger partial charge in [-0.25, -0.2) is 4.98 Å². The highest BCUT2D eigenvalue weighted by Gasteiger charge is 2.10. The Morgan fingerprint density at radius 3 is 2.50 bits per heavy atom. The van der Waals surface area contributed by atoms with Crippen molar-refractivity contribution in [3.63, 3.8) is 0 Å². The number of methoxy groups -OCH3 is 2. The van der Waals surface area contributed by atoms with E-state index in [2.05, 4.69) is 9.97 Å². The number of H-pyrrole nitrogens is 1. The Morgan fingerprint density at radius 1 is 1.25 bits per heavy atom. The zero-order chi connectivity index (χ0) is 14.7. The first kappa shape index (κ1) is 14.0. The maximum Gasteiger partial charge on any atom is 0.161 e. The average molecular weight is 287 g/mol. The third-order valence-electron chi connectivity index (χ3n) is 2.88. The number of aromatic amines is 1. The van der Waals surface area contributed by atoms with Crippen molar-refractivity contribution in [3.8, 4) is 29.0 Å². The highest BCUT2D eigenvalue weighted by molar-refractivity contribution is 7.71. The van der Waals surface area contributed by atoms with Crippen molar-refractivity contribution >= 4 is 12.2 Å². The van der Waals surface area contributed by atoms with E-state index >= 15 is 0 Å². The predicted molar refractivity (Wildman–Crippen MR) is 77.4 cm³/mol. The molecule has 2 aromatic rings. The highest BCUT2D eigenvalue weighted by Crippen LogP contribution is 2.31. The van der Waals surface area contributed by atoms with Crippen LogP contribution in [0.15, 0.2) is 18.2 Å². The number of nitrogens with one attached hydrogen (secondary N) is 1. The topological polar surface area (TPSA) is 70.9 Å². The van der Waals surface area contributed by atoms with Crippen LogP contribution in [0.2, 0.25) is 0 Å². The molecule has 1 heterocycles. The maximum absolute atomic E-state index is 9.00. The van der Waals surface area contributed by atoms with E-state index in [1.807, 2.05) is 12.1 Å².